The molecule has 22 heavy (non-hydrogen) atoms. The lowest BCUT2D eigenvalue weighted by atomic mass is 10.3. The number of ether oxygens (including phenoxy) is 2. The van der Waals surface area contributed by atoms with Crippen molar-refractivity contribution >= 4 is 15.9 Å². The minimum Gasteiger partial charge on any atom is -0.490 e. The number of rotatable bonds is 8. The smallest absolute Gasteiger partial charge is 0.241 e. The zero-order valence-electron chi connectivity index (χ0n) is 13.3. The van der Waals surface area contributed by atoms with Gasteiger partial charge in [-0.2, -0.15) is 0 Å². The van der Waals surface area contributed by atoms with E-state index in [4.69, 9.17) is 9.47 Å². The van der Waals surface area contributed by atoms with E-state index in [1.807, 2.05) is 6.92 Å². The molecule has 7 nitrogen and oxygen atoms in total. The predicted molar refractivity (Wildman–Crippen MR) is 82.7 cm³/mol. The summed E-state index contributed by atoms with van der Waals surface area (Å²) in [5.74, 6) is 0.498. The van der Waals surface area contributed by atoms with Gasteiger partial charge in [0.15, 0.2) is 11.5 Å². The van der Waals surface area contributed by atoms with Crippen molar-refractivity contribution in [3.63, 3.8) is 0 Å². The zero-order chi connectivity index (χ0) is 16.8. The molecule has 0 radical (unpaired) electrons. The van der Waals surface area contributed by atoms with E-state index in [0.29, 0.717) is 24.7 Å². The van der Waals surface area contributed by atoms with Gasteiger partial charge in [-0.3, -0.25) is 4.79 Å². The summed E-state index contributed by atoms with van der Waals surface area (Å²) in [7, 11) is -0.682. The van der Waals surface area contributed by atoms with Gasteiger partial charge in [0.2, 0.25) is 15.9 Å². The van der Waals surface area contributed by atoms with E-state index in [1.165, 1.54) is 23.1 Å². The first kappa shape index (κ1) is 18.2. The van der Waals surface area contributed by atoms with Crippen LogP contribution in [-0.4, -0.2) is 53.1 Å². The van der Waals surface area contributed by atoms with Crippen LogP contribution in [0, 0.1) is 0 Å². The van der Waals surface area contributed by atoms with Crippen molar-refractivity contribution in [1.29, 1.82) is 0 Å². The normalized spacial score (nSPS) is 11.1. The lowest BCUT2D eigenvalue weighted by molar-refractivity contribution is -0.127. The van der Waals surface area contributed by atoms with Crippen LogP contribution in [0.2, 0.25) is 0 Å². The molecule has 1 aromatic rings. The number of sulfonamides is 1. The molecule has 124 valence electrons. The molecular weight excluding hydrogens is 308 g/mol. The average molecular weight is 330 g/mol. The van der Waals surface area contributed by atoms with Crippen molar-refractivity contribution in [2.24, 2.45) is 0 Å². The fourth-order valence-corrected chi connectivity index (χ4v) is 2.59. The van der Waals surface area contributed by atoms with Gasteiger partial charge in [0.25, 0.3) is 0 Å². The number of benzene rings is 1. The van der Waals surface area contributed by atoms with E-state index in [0.717, 1.165) is 0 Å². The summed E-state index contributed by atoms with van der Waals surface area (Å²) in [5.41, 5.74) is 0. The maximum absolute atomic E-state index is 12.2. The van der Waals surface area contributed by atoms with Gasteiger partial charge in [0.1, 0.15) is 0 Å². The average Bonchev–Trinajstić information content (AvgIpc) is 2.47. The molecule has 1 N–H and O–H groups in total. The molecular formula is C14H22N2O5S. The summed E-state index contributed by atoms with van der Waals surface area (Å²) in [6.07, 6.45) is 0. The minimum atomic E-state index is -3.79. The monoisotopic (exact) mass is 330 g/mol. The molecule has 0 aromatic heterocycles. The van der Waals surface area contributed by atoms with Gasteiger partial charge < -0.3 is 14.4 Å². The third-order valence-corrected chi connectivity index (χ3v) is 4.14. The van der Waals surface area contributed by atoms with Crippen LogP contribution in [0.3, 0.4) is 0 Å². The standard InChI is InChI=1S/C14H22N2O5S/c1-5-20-12-8-7-11(9-13(12)21-6-2)22(18,19)15-10-14(17)16(3)4/h7-9,15H,5-6,10H2,1-4H3. The molecule has 0 aliphatic carbocycles. The van der Waals surface area contributed by atoms with Crippen LogP contribution >= 0.6 is 0 Å². The molecule has 0 bridgehead atoms. The Balaban J connectivity index is 2.99. The third kappa shape index (κ3) is 4.88. The van der Waals surface area contributed by atoms with Crippen molar-refractivity contribution in [3.8, 4) is 11.5 Å². The van der Waals surface area contributed by atoms with Crippen molar-refractivity contribution < 1.29 is 22.7 Å². The Morgan fingerprint density at radius 3 is 2.27 bits per heavy atom. The fourth-order valence-electron chi connectivity index (χ4n) is 1.60. The quantitative estimate of drug-likeness (QED) is 0.764. The molecule has 0 aliphatic rings. The molecule has 1 aromatic carbocycles. The second kappa shape index (κ2) is 8.00. The lowest BCUT2D eigenvalue weighted by Crippen LogP contribution is -2.36. The number of likely N-dealkylation sites (N-methyl/N-ethyl adjacent to an activating group) is 1. The van der Waals surface area contributed by atoms with Gasteiger partial charge in [-0.1, -0.05) is 0 Å². The first-order valence-corrected chi connectivity index (χ1v) is 8.39. The molecule has 1 rings (SSSR count). The Labute approximate surface area is 131 Å². The summed E-state index contributed by atoms with van der Waals surface area (Å²) >= 11 is 0. The Hall–Kier alpha value is -1.80. The van der Waals surface area contributed by atoms with Crippen molar-refractivity contribution in [2.75, 3.05) is 33.9 Å². The van der Waals surface area contributed by atoms with Gasteiger partial charge in [-0.25, -0.2) is 13.1 Å². The first-order valence-electron chi connectivity index (χ1n) is 6.91. The van der Waals surface area contributed by atoms with Crippen molar-refractivity contribution in [2.45, 2.75) is 18.7 Å². The van der Waals surface area contributed by atoms with E-state index in [9.17, 15) is 13.2 Å². The number of hydrogen-bond acceptors (Lipinski definition) is 5. The Morgan fingerprint density at radius 2 is 1.73 bits per heavy atom. The van der Waals surface area contributed by atoms with Gasteiger partial charge in [-0.15, -0.1) is 0 Å². The molecule has 0 atom stereocenters. The first-order chi connectivity index (χ1) is 10.3. The van der Waals surface area contributed by atoms with Crippen molar-refractivity contribution in [3.05, 3.63) is 18.2 Å². The van der Waals surface area contributed by atoms with E-state index in [1.54, 1.807) is 21.0 Å². The van der Waals surface area contributed by atoms with Crippen molar-refractivity contribution in [1.82, 2.24) is 9.62 Å². The molecule has 8 heteroatoms. The molecule has 0 saturated heterocycles. The maximum atomic E-state index is 12.2. The Bertz CT molecular complexity index is 614. The van der Waals surface area contributed by atoms with Crippen LogP contribution in [0.15, 0.2) is 23.1 Å². The number of nitrogens with one attached hydrogen (secondary N) is 1. The fraction of sp³-hybridized carbons (Fsp3) is 0.500. The van der Waals surface area contributed by atoms with Crippen LogP contribution in [0.25, 0.3) is 0 Å². The summed E-state index contributed by atoms with van der Waals surface area (Å²) in [6, 6.07) is 4.34. The molecule has 0 unspecified atom stereocenters. The minimum absolute atomic E-state index is 0.0194. The summed E-state index contributed by atoms with van der Waals surface area (Å²) in [4.78, 5) is 12.8. The third-order valence-electron chi connectivity index (χ3n) is 2.74. The highest BCUT2D eigenvalue weighted by molar-refractivity contribution is 7.89. The molecule has 0 aliphatic heterocycles. The highest BCUT2D eigenvalue weighted by atomic mass is 32.2. The van der Waals surface area contributed by atoms with Gasteiger partial charge >= 0.3 is 0 Å². The van der Waals surface area contributed by atoms with Crippen LogP contribution in [0.5, 0.6) is 11.5 Å². The highest BCUT2D eigenvalue weighted by Gasteiger charge is 2.18. The van der Waals surface area contributed by atoms with Gasteiger partial charge in [0, 0.05) is 20.2 Å². The molecule has 1 amide bonds. The number of amides is 1. The summed E-state index contributed by atoms with van der Waals surface area (Å²) in [6.45, 7) is 4.16. The molecule has 0 spiro atoms. The maximum Gasteiger partial charge on any atom is 0.241 e. The van der Waals surface area contributed by atoms with E-state index in [-0.39, 0.29) is 17.3 Å². The highest BCUT2D eigenvalue weighted by Crippen LogP contribution is 2.30. The Kier molecular flexibility index (Phi) is 6.63. The predicted octanol–water partition coefficient (Wildman–Crippen LogP) is 0.851. The van der Waals surface area contributed by atoms with Gasteiger partial charge in [0.05, 0.1) is 24.7 Å². The number of hydrogen-bond donors (Lipinski definition) is 1. The van der Waals surface area contributed by atoms with Crippen LogP contribution in [-0.2, 0) is 14.8 Å². The topological polar surface area (TPSA) is 84.9 Å². The van der Waals surface area contributed by atoms with E-state index in [2.05, 4.69) is 4.72 Å². The number of carbonyl (C=O) groups is 1. The lowest BCUT2D eigenvalue weighted by Gasteiger charge is -2.14. The van der Waals surface area contributed by atoms with Crippen LogP contribution in [0.4, 0.5) is 0 Å². The van der Waals surface area contributed by atoms with Gasteiger partial charge in [-0.05, 0) is 26.0 Å². The SMILES string of the molecule is CCOc1ccc(S(=O)(=O)NCC(=O)N(C)C)cc1OCC. The zero-order valence-corrected chi connectivity index (χ0v) is 14.1. The number of nitrogens with zero attached hydrogens (tertiary/aromatic N) is 1. The second-order valence-corrected chi connectivity index (χ2v) is 6.35. The molecule has 0 saturated carbocycles. The van der Waals surface area contributed by atoms with Crippen LogP contribution in [0.1, 0.15) is 13.8 Å². The summed E-state index contributed by atoms with van der Waals surface area (Å²) in [5, 5.41) is 0. The molecule has 0 fully saturated rings. The Morgan fingerprint density at radius 1 is 1.14 bits per heavy atom. The van der Waals surface area contributed by atoms with E-state index >= 15 is 0 Å². The van der Waals surface area contributed by atoms with Crippen LogP contribution < -0.4 is 14.2 Å². The number of carbonyl (C=O) groups excluding carboxylic acids is 1. The van der Waals surface area contributed by atoms with E-state index < -0.39 is 10.0 Å². The molecule has 0 heterocycles. The summed E-state index contributed by atoms with van der Waals surface area (Å²) < 4.78 is 37.5. The second-order valence-electron chi connectivity index (χ2n) is 4.59. The largest absolute Gasteiger partial charge is 0.490 e.